The zero-order valence-corrected chi connectivity index (χ0v) is 14.3. The summed E-state index contributed by atoms with van der Waals surface area (Å²) in [4.78, 5) is 2.58. The summed E-state index contributed by atoms with van der Waals surface area (Å²) in [6, 6.07) is 0.727. The number of halogens is 1. The summed E-state index contributed by atoms with van der Waals surface area (Å²) in [5, 5.41) is 7.07. The van der Waals surface area contributed by atoms with E-state index >= 15 is 0 Å². The smallest absolute Gasteiger partial charge is 0.0755 e. The Bertz CT molecular complexity index is 258. The Kier molecular flexibility index (Phi) is 10.5. The molecule has 0 aliphatic heterocycles. The van der Waals surface area contributed by atoms with Gasteiger partial charge in [0.2, 0.25) is 0 Å². The van der Waals surface area contributed by atoms with Gasteiger partial charge < -0.3 is 5.84 Å². The van der Waals surface area contributed by atoms with Gasteiger partial charge in [-0.25, -0.2) is 3.11 Å². The molecule has 0 atom stereocenters. The maximum Gasteiger partial charge on any atom is 0.0755 e. The van der Waals surface area contributed by atoms with Crippen molar-refractivity contribution in [2.45, 2.75) is 38.1 Å². The molecular weight excluding hydrogens is 369 g/mol. The third kappa shape index (κ3) is 7.67. The van der Waals surface area contributed by atoms with Gasteiger partial charge in [0.25, 0.3) is 0 Å². The van der Waals surface area contributed by atoms with Crippen LogP contribution in [0.25, 0.3) is 0 Å². The Morgan fingerprint density at radius 3 is 2.50 bits per heavy atom. The minimum absolute atomic E-state index is 0.660. The van der Waals surface area contributed by atoms with Crippen molar-refractivity contribution >= 4 is 22.9 Å². The summed E-state index contributed by atoms with van der Waals surface area (Å²) < 4.78 is 2.25. The first-order valence-corrected chi connectivity index (χ1v) is 8.39. The van der Waals surface area contributed by atoms with Gasteiger partial charge in [0, 0.05) is 61.6 Å². The molecule has 0 saturated heterocycles. The molecule has 20 heavy (non-hydrogen) atoms. The van der Waals surface area contributed by atoms with Crippen LogP contribution in [0.2, 0.25) is 0 Å². The first-order chi connectivity index (χ1) is 9.77. The van der Waals surface area contributed by atoms with Gasteiger partial charge in [-0.2, -0.15) is 5.11 Å². The van der Waals surface area contributed by atoms with Crippen molar-refractivity contribution in [3.05, 3.63) is 0 Å². The molecule has 5 N–H and O–H groups in total. The molecule has 7 nitrogen and oxygen atoms in total. The van der Waals surface area contributed by atoms with E-state index in [0.29, 0.717) is 6.54 Å². The fourth-order valence-corrected chi connectivity index (χ4v) is 3.12. The minimum Gasteiger partial charge on any atom is -0.305 e. The van der Waals surface area contributed by atoms with Crippen molar-refractivity contribution in [2.75, 3.05) is 39.3 Å². The molecule has 0 heterocycles. The molecule has 0 aromatic carbocycles. The maximum absolute atomic E-state index is 5.42. The molecule has 1 aliphatic carbocycles. The summed E-state index contributed by atoms with van der Waals surface area (Å²) in [5.41, 5.74) is 2.77. The highest BCUT2D eigenvalue weighted by atomic mass is 127. The molecule has 0 unspecified atom stereocenters. The molecule has 118 valence electrons. The molecule has 0 radical (unpaired) electrons. The van der Waals surface area contributed by atoms with E-state index in [9.17, 15) is 0 Å². The van der Waals surface area contributed by atoms with Crippen molar-refractivity contribution in [2.24, 2.45) is 22.0 Å². The molecule has 0 aromatic heterocycles. The molecule has 0 aromatic rings. The van der Waals surface area contributed by atoms with Gasteiger partial charge in [-0.15, -0.1) is 0 Å². The third-order valence-electron chi connectivity index (χ3n) is 3.79. The fraction of sp³-hybridized carbons (Fsp3) is 1.00. The normalized spacial score (nSPS) is 17.6. The second-order valence-corrected chi connectivity index (χ2v) is 6.54. The highest BCUT2D eigenvalue weighted by Gasteiger charge is 2.20. The number of hydrogen-bond acceptors (Lipinski definition) is 6. The van der Waals surface area contributed by atoms with E-state index in [2.05, 4.69) is 46.6 Å². The highest BCUT2D eigenvalue weighted by molar-refractivity contribution is 14.1. The number of rotatable bonds is 10. The van der Waals surface area contributed by atoms with E-state index in [1.165, 1.54) is 32.1 Å². The Labute approximate surface area is 136 Å². The van der Waals surface area contributed by atoms with Gasteiger partial charge >= 0.3 is 0 Å². The van der Waals surface area contributed by atoms with E-state index in [4.69, 9.17) is 11.7 Å². The van der Waals surface area contributed by atoms with Crippen LogP contribution in [0.1, 0.15) is 32.1 Å². The van der Waals surface area contributed by atoms with Crippen LogP contribution in [0, 0.1) is 0 Å². The number of nitrogens with zero attached hydrogens (tertiary/aromatic N) is 4. The topological polar surface area (TPSA) is 95.3 Å². The molecule has 1 saturated carbocycles. The number of nitrogens with two attached hydrogens (primary N) is 2. The van der Waals surface area contributed by atoms with Gasteiger partial charge in [0.1, 0.15) is 0 Å². The van der Waals surface area contributed by atoms with Gasteiger partial charge in [-0.1, -0.05) is 24.5 Å². The monoisotopic (exact) mass is 397 g/mol. The van der Waals surface area contributed by atoms with Crippen LogP contribution < -0.4 is 17.1 Å². The second-order valence-electron chi connectivity index (χ2n) is 5.17. The minimum atomic E-state index is 0.660. The number of nitrogens with one attached hydrogen (secondary N) is 1. The summed E-state index contributed by atoms with van der Waals surface area (Å²) >= 11 is 2.35. The largest absolute Gasteiger partial charge is 0.305 e. The molecule has 0 amide bonds. The molecular formula is C12H28IN7. The van der Waals surface area contributed by atoms with E-state index in [1.807, 2.05) is 0 Å². The molecule has 0 spiro atoms. The summed E-state index contributed by atoms with van der Waals surface area (Å²) in [6.45, 7) is 5.52. The third-order valence-corrected chi connectivity index (χ3v) is 4.75. The lowest BCUT2D eigenvalue weighted by Crippen LogP contribution is -2.44. The number of hydrogen-bond donors (Lipinski definition) is 3. The molecule has 1 fully saturated rings. The van der Waals surface area contributed by atoms with Crippen LogP contribution in [0.3, 0.4) is 0 Å². The lowest BCUT2D eigenvalue weighted by atomic mass is 9.94. The van der Waals surface area contributed by atoms with Gasteiger partial charge in [0.15, 0.2) is 0 Å². The summed E-state index contributed by atoms with van der Waals surface area (Å²) in [7, 11) is 0. The lowest BCUT2D eigenvalue weighted by molar-refractivity contribution is 0.152. The van der Waals surface area contributed by atoms with Gasteiger partial charge in [-0.3, -0.25) is 16.2 Å². The predicted molar refractivity (Wildman–Crippen MR) is 90.1 cm³/mol. The Morgan fingerprint density at radius 2 is 1.85 bits per heavy atom. The van der Waals surface area contributed by atoms with Gasteiger partial charge in [-0.05, 0) is 12.8 Å². The van der Waals surface area contributed by atoms with E-state index in [1.54, 1.807) is 0 Å². The predicted octanol–water partition coefficient (Wildman–Crippen LogP) is 1.06. The Hall–Kier alpha value is -0.0300. The van der Waals surface area contributed by atoms with E-state index < -0.39 is 0 Å². The van der Waals surface area contributed by atoms with Crippen LogP contribution in [0.5, 0.6) is 0 Å². The second kappa shape index (κ2) is 11.6. The average molecular weight is 397 g/mol. The Balaban J connectivity index is 2.31. The quantitative estimate of drug-likeness (QED) is 0.169. The van der Waals surface area contributed by atoms with Crippen molar-refractivity contribution in [3.63, 3.8) is 0 Å². The SMILES string of the molecule is NN=NCCN(I)CCN(CCNN)C1CCCCC1. The molecule has 0 bridgehead atoms. The zero-order chi connectivity index (χ0) is 14.6. The first kappa shape index (κ1) is 18.0. The molecule has 1 rings (SSSR count). The van der Waals surface area contributed by atoms with Crippen LogP contribution in [0.4, 0.5) is 0 Å². The fourth-order valence-electron chi connectivity index (χ4n) is 2.69. The van der Waals surface area contributed by atoms with Gasteiger partial charge in [0.05, 0.1) is 6.54 Å². The van der Waals surface area contributed by atoms with E-state index in [0.717, 1.165) is 38.8 Å². The van der Waals surface area contributed by atoms with Crippen molar-refractivity contribution in [1.29, 1.82) is 0 Å². The first-order valence-electron chi connectivity index (χ1n) is 7.43. The van der Waals surface area contributed by atoms with Crippen LogP contribution in [0.15, 0.2) is 10.3 Å². The van der Waals surface area contributed by atoms with Crippen LogP contribution >= 0.6 is 22.9 Å². The van der Waals surface area contributed by atoms with E-state index in [-0.39, 0.29) is 0 Å². The highest BCUT2D eigenvalue weighted by Crippen LogP contribution is 2.22. The van der Waals surface area contributed by atoms with Crippen molar-refractivity contribution in [1.82, 2.24) is 13.4 Å². The lowest BCUT2D eigenvalue weighted by Gasteiger charge is -2.35. The molecule has 1 aliphatic rings. The Morgan fingerprint density at radius 1 is 1.10 bits per heavy atom. The molecule has 8 heteroatoms. The van der Waals surface area contributed by atoms with Crippen molar-refractivity contribution in [3.8, 4) is 0 Å². The zero-order valence-electron chi connectivity index (χ0n) is 12.2. The van der Waals surface area contributed by atoms with Crippen molar-refractivity contribution < 1.29 is 0 Å². The summed E-state index contributed by atoms with van der Waals surface area (Å²) in [5.74, 6) is 10.4. The average Bonchev–Trinajstić information content (AvgIpc) is 2.48. The standard InChI is InChI=1S/C12H28IN7/c13-20(9-7-17-18-15)11-10-19(8-6-16-14)12-4-2-1-3-5-12/h12,16H,1-11,14H2,(H2,15,17). The van der Waals surface area contributed by atoms with Crippen LogP contribution in [-0.2, 0) is 0 Å². The summed E-state index contributed by atoms with van der Waals surface area (Å²) in [6.07, 6.45) is 6.77. The maximum atomic E-state index is 5.42. The van der Waals surface area contributed by atoms with Crippen LogP contribution in [-0.4, -0.2) is 53.3 Å². The number of hydrazine groups is 1.